The van der Waals surface area contributed by atoms with E-state index in [0.29, 0.717) is 45.7 Å². The zero-order chi connectivity index (χ0) is 23.3. The number of methoxy groups -OCH3 is 2. The predicted octanol–water partition coefficient (Wildman–Crippen LogP) is 4.01. The Kier molecular flexibility index (Phi) is 7.37. The van der Waals surface area contributed by atoms with E-state index in [0.717, 1.165) is 5.56 Å². The van der Waals surface area contributed by atoms with Crippen LogP contribution in [0.4, 0.5) is 5.69 Å². The molecule has 1 heterocycles. The van der Waals surface area contributed by atoms with E-state index in [-0.39, 0.29) is 0 Å². The number of halogens is 1. The molecule has 32 heavy (non-hydrogen) atoms. The van der Waals surface area contributed by atoms with E-state index >= 15 is 0 Å². The van der Waals surface area contributed by atoms with Crippen LogP contribution in [0.5, 0.6) is 11.5 Å². The molecule has 0 saturated heterocycles. The Bertz CT molecular complexity index is 1140. The van der Waals surface area contributed by atoms with Gasteiger partial charge in [0.2, 0.25) is 0 Å². The van der Waals surface area contributed by atoms with Crippen molar-refractivity contribution in [3.8, 4) is 11.5 Å². The van der Waals surface area contributed by atoms with Gasteiger partial charge in [-0.2, -0.15) is 5.10 Å². The fraction of sp³-hybridized carbons (Fsp3) is 0.261. The number of carbonyl (C=O) groups is 2. The third kappa shape index (κ3) is 5.20. The van der Waals surface area contributed by atoms with Gasteiger partial charge in [0.1, 0.15) is 5.56 Å². The Labute approximate surface area is 191 Å². The van der Waals surface area contributed by atoms with Gasteiger partial charge in [-0.1, -0.05) is 29.8 Å². The van der Waals surface area contributed by atoms with Crippen molar-refractivity contribution < 1.29 is 23.8 Å². The van der Waals surface area contributed by atoms with Crippen molar-refractivity contribution in [2.75, 3.05) is 26.1 Å². The minimum atomic E-state index is -0.618. The number of anilines is 1. The van der Waals surface area contributed by atoms with Crippen LogP contribution in [-0.2, 0) is 16.1 Å². The van der Waals surface area contributed by atoms with Crippen molar-refractivity contribution >= 4 is 29.2 Å². The number of rotatable bonds is 8. The average Bonchev–Trinajstić information content (AvgIpc) is 3.06. The van der Waals surface area contributed by atoms with E-state index in [4.69, 9.17) is 25.8 Å². The lowest BCUT2D eigenvalue weighted by atomic mass is 10.2. The molecule has 0 aliphatic carbocycles. The normalized spacial score (nSPS) is 10.5. The van der Waals surface area contributed by atoms with Gasteiger partial charge in [-0.05, 0) is 37.6 Å². The molecule has 0 bridgehead atoms. The third-order valence-corrected chi connectivity index (χ3v) is 5.23. The van der Waals surface area contributed by atoms with Gasteiger partial charge in [-0.25, -0.2) is 4.79 Å². The molecule has 0 unspecified atom stereocenters. The van der Waals surface area contributed by atoms with Crippen LogP contribution >= 0.6 is 11.6 Å². The summed E-state index contributed by atoms with van der Waals surface area (Å²) in [5, 5.41) is 7.71. The quantitative estimate of drug-likeness (QED) is 0.514. The van der Waals surface area contributed by atoms with E-state index in [1.165, 1.54) is 14.2 Å². The average molecular weight is 458 g/mol. The second kappa shape index (κ2) is 10.2. The Morgan fingerprint density at radius 2 is 1.78 bits per heavy atom. The maximum atomic E-state index is 12.6. The summed E-state index contributed by atoms with van der Waals surface area (Å²) < 4.78 is 17.3. The molecule has 0 radical (unpaired) electrons. The minimum absolute atomic E-state index is 0.330. The Balaban J connectivity index is 1.64. The summed E-state index contributed by atoms with van der Waals surface area (Å²) in [5.41, 5.74) is 2.85. The van der Waals surface area contributed by atoms with Crippen LogP contribution in [0.2, 0.25) is 5.02 Å². The molecular weight excluding hydrogens is 434 g/mol. The second-order valence-corrected chi connectivity index (χ2v) is 7.40. The van der Waals surface area contributed by atoms with Crippen molar-refractivity contribution in [2.24, 2.45) is 0 Å². The van der Waals surface area contributed by atoms with E-state index in [9.17, 15) is 9.59 Å². The van der Waals surface area contributed by atoms with Crippen LogP contribution in [-0.4, -0.2) is 42.5 Å². The van der Waals surface area contributed by atoms with Gasteiger partial charge >= 0.3 is 5.97 Å². The summed E-state index contributed by atoms with van der Waals surface area (Å²) in [6, 6.07) is 12.4. The topological polar surface area (TPSA) is 91.7 Å². The van der Waals surface area contributed by atoms with Crippen molar-refractivity contribution in [1.82, 2.24) is 9.78 Å². The van der Waals surface area contributed by atoms with Gasteiger partial charge in [0.15, 0.2) is 18.1 Å². The number of esters is 1. The van der Waals surface area contributed by atoms with Gasteiger partial charge in [0.05, 0.1) is 32.2 Å². The highest BCUT2D eigenvalue weighted by Gasteiger charge is 2.21. The Hall–Kier alpha value is -3.52. The molecule has 1 aromatic heterocycles. The minimum Gasteiger partial charge on any atom is -0.493 e. The highest BCUT2D eigenvalue weighted by atomic mass is 35.5. The lowest BCUT2D eigenvalue weighted by Gasteiger charge is -2.11. The fourth-order valence-corrected chi connectivity index (χ4v) is 3.44. The summed E-state index contributed by atoms with van der Waals surface area (Å²) in [4.78, 5) is 24.9. The first kappa shape index (κ1) is 23.1. The van der Waals surface area contributed by atoms with Crippen molar-refractivity contribution in [2.45, 2.75) is 20.4 Å². The highest BCUT2D eigenvalue weighted by molar-refractivity contribution is 6.31. The molecule has 0 aliphatic rings. The molecular formula is C23H24ClN3O5. The summed E-state index contributed by atoms with van der Waals surface area (Å²) in [7, 11) is 3.03. The number of hydrogen-bond acceptors (Lipinski definition) is 6. The number of nitrogens with one attached hydrogen (secondary N) is 1. The summed E-state index contributed by atoms with van der Waals surface area (Å²) in [5.74, 6) is -0.0895. The van der Waals surface area contributed by atoms with Crippen molar-refractivity contribution in [1.29, 1.82) is 0 Å². The first-order valence-corrected chi connectivity index (χ1v) is 10.2. The molecule has 0 saturated carbocycles. The number of ether oxygens (including phenoxy) is 3. The van der Waals surface area contributed by atoms with E-state index in [1.807, 2.05) is 18.2 Å². The Morgan fingerprint density at radius 1 is 1.06 bits per heavy atom. The highest BCUT2D eigenvalue weighted by Crippen LogP contribution is 2.29. The van der Waals surface area contributed by atoms with Gasteiger partial charge in [0.25, 0.3) is 5.91 Å². The molecule has 0 spiro atoms. The summed E-state index contributed by atoms with van der Waals surface area (Å²) in [6.07, 6.45) is 0. The largest absolute Gasteiger partial charge is 0.493 e. The van der Waals surface area contributed by atoms with Crippen LogP contribution in [0.25, 0.3) is 0 Å². The standard InChI is InChI=1S/C23H24ClN3O5/c1-14-22(15(2)27(26-14)12-16-7-5-6-8-18(16)24)23(29)32-13-21(28)25-17-9-10-19(30-3)20(11-17)31-4/h5-11H,12-13H2,1-4H3,(H,25,28). The van der Waals surface area contributed by atoms with E-state index in [1.54, 1.807) is 42.8 Å². The number of aromatic nitrogens is 2. The number of carbonyl (C=O) groups excluding carboxylic acids is 2. The maximum absolute atomic E-state index is 12.6. The van der Waals surface area contributed by atoms with Gasteiger partial charge in [0, 0.05) is 16.8 Å². The van der Waals surface area contributed by atoms with Gasteiger partial charge in [-0.3, -0.25) is 9.48 Å². The monoisotopic (exact) mass is 457 g/mol. The molecule has 3 rings (SSSR count). The summed E-state index contributed by atoms with van der Waals surface area (Å²) >= 11 is 6.23. The van der Waals surface area contributed by atoms with Crippen molar-refractivity contribution in [3.63, 3.8) is 0 Å². The zero-order valence-corrected chi connectivity index (χ0v) is 19.0. The van der Waals surface area contributed by atoms with Crippen LogP contribution in [0.15, 0.2) is 42.5 Å². The number of aryl methyl sites for hydroxylation is 1. The molecule has 0 fully saturated rings. The van der Waals surface area contributed by atoms with E-state index < -0.39 is 18.5 Å². The molecule has 8 nitrogen and oxygen atoms in total. The third-order valence-electron chi connectivity index (χ3n) is 4.87. The van der Waals surface area contributed by atoms with Crippen LogP contribution < -0.4 is 14.8 Å². The molecule has 168 valence electrons. The number of amides is 1. The first-order valence-electron chi connectivity index (χ1n) is 9.80. The number of nitrogens with zero attached hydrogens (tertiary/aromatic N) is 2. The SMILES string of the molecule is COc1ccc(NC(=O)COC(=O)c2c(C)nn(Cc3ccccc3Cl)c2C)cc1OC. The van der Waals surface area contributed by atoms with Crippen LogP contribution in [0.3, 0.4) is 0 Å². The smallest absolute Gasteiger partial charge is 0.342 e. The second-order valence-electron chi connectivity index (χ2n) is 6.99. The lowest BCUT2D eigenvalue weighted by molar-refractivity contribution is -0.119. The molecule has 1 N–H and O–H groups in total. The van der Waals surface area contributed by atoms with Gasteiger partial charge in [-0.15, -0.1) is 0 Å². The van der Waals surface area contributed by atoms with Crippen LogP contribution in [0, 0.1) is 13.8 Å². The van der Waals surface area contributed by atoms with E-state index in [2.05, 4.69) is 10.4 Å². The summed E-state index contributed by atoms with van der Waals surface area (Å²) in [6.45, 7) is 3.47. The zero-order valence-electron chi connectivity index (χ0n) is 18.3. The Morgan fingerprint density at radius 3 is 2.47 bits per heavy atom. The molecule has 9 heteroatoms. The predicted molar refractivity (Wildman–Crippen MR) is 121 cm³/mol. The lowest BCUT2D eigenvalue weighted by Crippen LogP contribution is -2.21. The van der Waals surface area contributed by atoms with Gasteiger partial charge < -0.3 is 19.5 Å². The molecule has 0 atom stereocenters. The maximum Gasteiger partial charge on any atom is 0.342 e. The first-order chi connectivity index (χ1) is 15.3. The van der Waals surface area contributed by atoms with Crippen molar-refractivity contribution in [3.05, 3.63) is 70.0 Å². The molecule has 2 aromatic carbocycles. The fourth-order valence-electron chi connectivity index (χ4n) is 3.25. The van der Waals surface area contributed by atoms with Crippen LogP contribution in [0.1, 0.15) is 27.3 Å². The number of hydrogen-bond donors (Lipinski definition) is 1. The number of benzene rings is 2. The molecule has 0 aliphatic heterocycles. The molecule has 3 aromatic rings. The molecule has 1 amide bonds.